The fourth-order valence-corrected chi connectivity index (χ4v) is 2.90. The summed E-state index contributed by atoms with van der Waals surface area (Å²) in [5.74, 6) is 0.377. The van der Waals surface area contributed by atoms with Crippen LogP contribution in [-0.4, -0.2) is 50.1 Å². The summed E-state index contributed by atoms with van der Waals surface area (Å²) >= 11 is 1.57. The minimum atomic E-state index is -0.460. The highest BCUT2D eigenvalue weighted by molar-refractivity contribution is 7.99. The lowest BCUT2D eigenvalue weighted by molar-refractivity contribution is -0.138. The lowest BCUT2D eigenvalue weighted by Gasteiger charge is -2.24. The fourth-order valence-electron chi connectivity index (χ4n) is 2.04. The topological polar surface area (TPSA) is 93.7 Å². The van der Waals surface area contributed by atoms with E-state index in [1.165, 1.54) is 7.11 Å². The maximum atomic E-state index is 12.1. The smallest absolute Gasteiger partial charge is 0.336 e. The molecule has 0 aromatic carbocycles. The van der Waals surface area contributed by atoms with Gasteiger partial charge in [-0.1, -0.05) is 0 Å². The van der Waals surface area contributed by atoms with Crippen LogP contribution in [0.4, 0.5) is 0 Å². The second-order valence-electron chi connectivity index (χ2n) is 4.70. The van der Waals surface area contributed by atoms with E-state index in [9.17, 15) is 14.4 Å². The first kappa shape index (κ1) is 19.1. The lowest BCUT2D eigenvalue weighted by Crippen LogP contribution is -2.29. The Labute approximate surface area is 139 Å². The first-order valence-corrected chi connectivity index (χ1v) is 8.39. The standard InChI is InChI=1S/C15H22N2O5S/c1-4-22-15(20)12-7-11(14(19)21-3)10(2)17-13(12)8-23-6-5-16-9-18/h9,17H,4-8H2,1-3H3,(H,16,18). The van der Waals surface area contributed by atoms with Crippen LogP contribution in [-0.2, 0) is 23.9 Å². The average molecular weight is 342 g/mol. The number of allylic oxidation sites excluding steroid dienone is 1. The van der Waals surface area contributed by atoms with Gasteiger partial charge in [-0.15, -0.1) is 0 Å². The predicted octanol–water partition coefficient (Wildman–Crippen LogP) is 0.723. The fraction of sp³-hybridized carbons (Fsp3) is 0.533. The molecule has 0 aromatic heterocycles. The van der Waals surface area contributed by atoms with Crippen LogP contribution in [0.2, 0.25) is 0 Å². The number of ether oxygens (including phenoxy) is 2. The Balaban J connectivity index is 2.84. The van der Waals surface area contributed by atoms with Crippen molar-refractivity contribution >= 4 is 30.1 Å². The molecular formula is C15H22N2O5S. The van der Waals surface area contributed by atoms with Gasteiger partial charge in [0.25, 0.3) is 0 Å². The largest absolute Gasteiger partial charge is 0.466 e. The molecule has 0 fully saturated rings. The molecule has 0 bridgehead atoms. The van der Waals surface area contributed by atoms with Crippen molar-refractivity contribution in [2.75, 3.05) is 31.8 Å². The molecule has 0 unspecified atom stereocenters. The van der Waals surface area contributed by atoms with Crippen LogP contribution in [0.3, 0.4) is 0 Å². The molecule has 7 nitrogen and oxygen atoms in total. The minimum absolute atomic E-state index is 0.187. The molecule has 23 heavy (non-hydrogen) atoms. The first-order valence-electron chi connectivity index (χ1n) is 7.24. The Hall–Kier alpha value is -1.96. The number of rotatable bonds is 9. The van der Waals surface area contributed by atoms with Gasteiger partial charge >= 0.3 is 11.9 Å². The molecule has 0 spiro atoms. The van der Waals surface area contributed by atoms with Gasteiger partial charge < -0.3 is 20.1 Å². The number of thioether (sulfide) groups is 1. The summed E-state index contributed by atoms with van der Waals surface area (Å²) < 4.78 is 9.82. The highest BCUT2D eigenvalue weighted by Gasteiger charge is 2.27. The third kappa shape index (κ3) is 5.63. The average Bonchev–Trinajstić information content (AvgIpc) is 2.54. The SMILES string of the molecule is CCOC(=O)C1=C(CSCCNC=O)NC(C)=C(C(=O)OC)C1. The normalized spacial score (nSPS) is 14.2. The highest BCUT2D eigenvalue weighted by atomic mass is 32.2. The predicted molar refractivity (Wildman–Crippen MR) is 87.5 cm³/mol. The number of hydrogen-bond donors (Lipinski definition) is 2. The first-order chi connectivity index (χ1) is 11.0. The van der Waals surface area contributed by atoms with E-state index in [0.717, 1.165) is 5.70 Å². The molecule has 0 aliphatic carbocycles. The third-order valence-corrected chi connectivity index (χ3v) is 4.17. The van der Waals surface area contributed by atoms with Crippen molar-refractivity contribution in [3.8, 4) is 0 Å². The van der Waals surface area contributed by atoms with Crippen molar-refractivity contribution in [2.24, 2.45) is 0 Å². The van der Waals surface area contributed by atoms with E-state index in [1.54, 1.807) is 25.6 Å². The van der Waals surface area contributed by atoms with Crippen molar-refractivity contribution < 1.29 is 23.9 Å². The molecule has 8 heteroatoms. The van der Waals surface area contributed by atoms with Crippen LogP contribution >= 0.6 is 11.8 Å². The number of methoxy groups -OCH3 is 1. The van der Waals surface area contributed by atoms with Crippen LogP contribution < -0.4 is 10.6 Å². The van der Waals surface area contributed by atoms with E-state index in [2.05, 4.69) is 10.6 Å². The summed E-state index contributed by atoms with van der Waals surface area (Å²) in [6, 6.07) is 0. The molecule has 0 aromatic rings. The molecule has 1 amide bonds. The van der Waals surface area contributed by atoms with Crippen LogP contribution in [0.1, 0.15) is 20.3 Å². The van der Waals surface area contributed by atoms with Crippen LogP contribution in [0, 0.1) is 0 Å². The number of hydrogen-bond acceptors (Lipinski definition) is 7. The van der Waals surface area contributed by atoms with Crippen molar-refractivity contribution in [1.82, 2.24) is 10.6 Å². The third-order valence-electron chi connectivity index (χ3n) is 3.18. The van der Waals surface area contributed by atoms with Gasteiger partial charge in [-0.3, -0.25) is 4.79 Å². The molecule has 2 N–H and O–H groups in total. The van der Waals surface area contributed by atoms with Gasteiger partial charge in [0.05, 0.1) is 24.9 Å². The Morgan fingerprint density at radius 3 is 2.70 bits per heavy atom. The van der Waals surface area contributed by atoms with Crippen LogP contribution in [0.25, 0.3) is 0 Å². The molecule has 128 valence electrons. The van der Waals surface area contributed by atoms with E-state index in [0.29, 0.717) is 41.3 Å². The molecule has 1 rings (SSSR count). The summed E-state index contributed by atoms with van der Waals surface area (Å²) in [5, 5.41) is 5.69. The molecule has 1 aliphatic rings. The van der Waals surface area contributed by atoms with E-state index >= 15 is 0 Å². The Kier molecular flexibility index (Phi) is 8.25. The van der Waals surface area contributed by atoms with Crippen molar-refractivity contribution in [1.29, 1.82) is 0 Å². The Bertz CT molecular complexity index is 528. The maximum absolute atomic E-state index is 12.1. The summed E-state index contributed by atoms with van der Waals surface area (Å²) in [4.78, 5) is 34.1. The number of nitrogens with one attached hydrogen (secondary N) is 2. The monoisotopic (exact) mass is 342 g/mol. The highest BCUT2D eigenvalue weighted by Crippen LogP contribution is 2.26. The van der Waals surface area contributed by atoms with Gasteiger partial charge in [0.1, 0.15) is 0 Å². The van der Waals surface area contributed by atoms with E-state index in [1.807, 2.05) is 0 Å². The molecular weight excluding hydrogens is 320 g/mol. The van der Waals surface area contributed by atoms with Gasteiger partial charge in [0.2, 0.25) is 6.41 Å². The van der Waals surface area contributed by atoms with Gasteiger partial charge in [-0.2, -0.15) is 11.8 Å². The minimum Gasteiger partial charge on any atom is -0.466 e. The van der Waals surface area contributed by atoms with Gasteiger partial charge in [0, 0.05) is 35.9 Å². The number of carbonyl (C=O) groups is 3. The lowest BCUT2D eigenvalue weighted by atomic mass is 9.98. The molecule has 1 heterocycles. The Morgan fingerprint density at radius 1 is 1.35 bits per heavy atom. The molecule has 0 saturated heterocycles. The second kappa shape index (κ2) is 9.94. The summed E-state index contributed by atoms with van der Waals surface area (Å²) in [6.45, 7) is 4.32. The maximum Gasteiger partial charge on any atom is 0.336 e. The van der Waals surface area contributed by atoms with Crippen LogP contribution in [0.15, 0.2) is 22.5 Å². The molecule has 1 aliphatic heterocycles. The zero-order valence-electron chi connectivity index (χ0n) is 13.6. The van der Waals surface area contributed by atoms with E-state index in [4.69, 9.17) is 9.47 Å². The quantitative estimate of drug-likeness (QED) is 0.362. The zero-order chi connectivity index (χ0) is 17.2. The molecule has 0 saturated carbocycles. The van der Waals surface area contributed by atoms with Crippen molar-refractivity contribution in [2.45, 2.75) is 20.3 Å². The number of amides is 1. The summed E-state index contributed by atoms with van der Waals surface area (Å²) in [7, 11) is 1.31. The molecule has 0 radical (unpaired) electrons. The summed E-state index contributed by atoms with van der Waals surface area (Å²) in [6.07, 6.45) is 0.838. The van der Waals surface area contributed by atoms with E-state index < -0.39 is 11.9 Å². The van der Waals surface area contributed by atoms with Crippen molar-refractivity contribution in [3.63, 3.8) is 0 Å². The van der Waals surface area contributed by atoms with Gasteiger partial charge in [-0.05, 0) is 13.8 Å². The van der Waals surface area contributed by atoms with Gasteiger partial charge in [0.15, 0.2) is 0 Å². The second-order valence-corrected chi connectivity index (χ2v) is 5.80. The van der Waals surface area contributed by atoms with Crippen LogP contribution in [0.5, 0.6) is 0 Å². The zero-order valence-corrected chi connectivity index (χ0v) is 14.4. The summed E-state index contributed by atoms with van der Waals surface area (Å²) in [5.41, 5.74) is 2.26. The van der Waals surface area contributed by atoms with Crippen molar-refractivity contribution in [3.05, 3.63) is 22.5 Å². The number of esters is 2. The number of dihydropyridines is 1. The van der Waals surface area contributed by atoms with E-state index in [-0.39, 0.29) is 13.0 Å². The Morgan fingerprint density at radius 2 is 2.09 bits per heavy atom. The number of carbonyl (C=O) groups excluding carboxylic acids is 3. The van der Waals surface area contributed by atoms with Gasteiger partial charge in [-0.25, -0.2) is 9.59 Å². The molecule has 0 atom stereocenters.